The molecule has 12 heteroatoms. The number of phenols is 1. The van der Waals surface area contributed by atoms with Gasteiger partial charge in [0.2, 0.25) is 11.8 Å². The molecular weight excluding hydrogens is 624 g/mol. The van der Waals surface area contributed by atoms with Crippen LogP contribution in [0, 0.1) is 23.2 Å². The molecule has 4 fully saturated rings. The summed E-state index contributed by atoms with van der Waals surface area (Å²) in [5.74, 6) is 5.95. The Hall–Kier alpha value is -5.28. The Labute approximate surface area is 282 Å². The maximum atomic E-state index is 13.3. The number of imide groups is 2. The predicted octanol–water partition coefficient (Wildman–Crippen LogP) is 2.82. The zero-order valence-electron chi connectivity index (χ0n) is 26.7. The maximum Gasteiger partial charge on any atom is 0.262 e. The molecule has 1 aromatic heterocycles. The Balaban J connectivity index is 0.799. The van der Waals surface area contributed by atoms with Crippen LogP contribution in [0.15, 0.2) is 42.5 Å². The topological polar surface area (TPSA) is 168 Å². The van der Waals surface area contributed by atoms with E-state index in [4.69, 9.17) is 10.5 Å². The van der Waals surface area contributed by atoms with Gasteiger partial charge in [-0.25, -0.2) is 0 Å². The first kappa shape index (κ1) is 29.8. The van der Waals surface area contributed by atoms with Crippen LogP contribution < -0.4 is 15.8 Å². The van der Waals surface area contributed by atoms with Gasteiger partial charge in [0, 0.05) is 37.0 Å². The summed E-state index contributed by atoms with van der Waals surface area (Å²) < 4.78 is 6.57. The molecule has 4 N–H and O–H groups in total. The van der Waals surface area contributed by atoms with Crippen molar-refractivity contribution in [2.24, 2.45) is 11.3 Å². The number of nitrogens with zero attached hydrogens (tertiary/aromatic N) is 4. The normalized spacial score (nSPS) is 28.0. The van der Waals surface area contributed by atoms with Gasteiger partial charge in [0.15, 0.2) is 5.82 Å². The van der Waals surface area contributed by atoms with Crippen LogP contribution in [0.4, 0.5) is 5.82 Å². The lowest BCUT2D eigenvalue weighted by Gasteiger charge is -2.64. The number of nitrogen functional groups attached to an aromatic ring is 1. The van der Waals surface area contributed by atoms with Crippen LogP contribution in [0.3, 0.4) is 0 Å². The number of rotatable bonds is 3. The van der Waals surface area contributed by atoms with E-state index in [1.54, 1.807) is 36.4 Å². The molecule has 0 radical (unpaired) electrons. The first-order valence-electron chi connectivity index (χ1n) is 16.8. The smallest absolute Gasteiger partial charge is 0.262 e. The number of nitrogens with one attached hydrogen (secondary N) is 1. The predicted molar refractivity (Wildman–Crippen MR) is 175 cm³/mol. The molecule has 9 rings (SSSR count). The number of para-hydroxylation sites is 1. The molecule has 2 saturated heterocycles. The highest BCUT2D eigenvalue weighted by Gasteiger charge is 2.58. The molecular formula is C37H34N6O6. The summed E-state index contributed by atoms with van der Waals surface area (Å²) in [4.78, 5) is 54.1. The third-order valence-corrected chi connectivity index (χ3v) is 11.4. The number of carbonyl (C=O) groups excluding carboxylic acids is 4. The molecule has 12 nitrogen and oxygen atoms in total. The molecule has 1 unspecified atom stereocenters. The Bertz CT molecular complexity index is 2050. The highest BCUT2D eigenvalue weighted by atomic mass is 16.5. The second kappa shape index (κ2) is 10.6. The summed E-state index contributed by atoms with van der Waals surface area (Å²) in [5.41, 5.74) is 9.30. The van der Waals surface area contributed by atoms with E-state index in [9.17, 15) is 24.3 Å². The zero-order chi connectivity index (χ0) is 33.7. The van der Waals surface area contributed by atoms with Gasteiger partial charge in [-0.15, -0.1) is 10.2 Å². The maximum absolute atomic E-state index is 13.3. The van der Waals surface area contributed by atoms with E-state index in [2.05, 4.69) is 32.3 Å². The lowest BCUT2D eigenvalue weighted by Crippen LogP contribution is -2.71. The molecule has 2 aliphatic carbocycles. The molecule has 4 amide bonds. The van der Waals surface area contributed by atoms with E-state index in [1.165, 1.54) is 0 Å². The van der Waals surface area contributed by atoms with Gasteiger partial charge in [-0.2, -0.15) is 0 Å². The van der Waals surface area contributed by atoms with Gasteiger partial charge in [0.25, 0.3) is 11.8 Å². The molecule has 49 heavy (non-hydrogen) atoms. The van der Waals surface area contributed by atoms with Crippen molar-refractivity contribution in [3.8, 4) is 34.6 Å². The Morgan fingerprint density at radius 3 is 2.45 bits per heavy atom. The van der Waals surface area contributed by atoms with Gasteiger partial charge >= 0.3 is 0 Å². The van der Waals surface area contributed by atoms with Crippen LogP contribution in [0.5, 0.6) is 11.5 Å². The van der Waals surface area contributed by atoms with Crippen molar-refractivity contribution >= 4 is 29.4 Å². The molecule has 3 aromatic rings. The molecule has 2 saturated carbocycles. The lowest BCUT2D eigenvalue weighted by atomic mass is 9.49. The second-order valence-electron chi connectivity index (χ2n) is 14.6. The number of nitrogens with two attached hydrogens (primary N) is 1. The number of benzene rings is 2. The van der Waals surface area contributed by atoms with Crippen LogP contribution in [0.2, 0.25) is 0 Å². The van der Waals surface area contributed by atoms with Crippen LogP contribution in [-0.4, -0.2) is 79.5 Å². The molecule has 1 atom stereocenters. The lowest BCUT2D eigenvalue weighted by molar-refractivity contribution is -0.160. The molecule has 6 aliphatic rings. The molecule has 248 valence electrons. The number of anilines is 1. The fourth-order valence-electron chi connectivity index (χ4n) is 8.78. The van der Waals surface area contributed by atoms with Crippen LogP contribution in [0.1, 0.15) is 76.8 Å². The van der Waals surface area contributed by atoms with Gasteiger partial charge in [0.1, 0.15) is 23.1 Å². The van der Waals surface area contributed by atoms with E-state index in [0.717, 1.165) is 62.1 Å². The average Bonchev–Trinajstić information content (AvgIpc) is 3.26. The monoisotopic (exact) mass is 658 g/mol. The third-order valence-electron chi connectivity index (χ3n) is 11.4. The third kappa shape index (κ3) is 4.78. The van der Waals surface area contributed by atoms with Gasteiger partial charge in [0.05, 0.1) is 22.4 Å². The van der Waals surface area contributed by atoms with Crippen LogP contribution >= 0.6 is 0 Å². The minimum absolute atomic E-state index is 0.0860. The van der Waals surface area contributed by atoms with Crippen molar-refractivity contribution in [1.82, 2.24) is 25.3 Å². The number of amides is 4. The quantitative estimate of drug-likeness (QED) is 0.281. The Morgan fingerprint density at radius 2 is 1.69 bits per heavy atom. The number of fused-ring (bicyclic) bond motifs is 2. The van der Waals surface area contributed by atoms with Gasteiger partial charge in [-0.3, -0.25) is 34.3 Å². The van der Waals surface area contributed by atoms with Crippen molar-refractivity contribution in [2.45, 2.75) is 69.1 Å². The summed E-state index contributed by atoms with van der Waals surface area (Å²) in [6, 6.07) is 11.7. The van der Waals surface area contributed by atoms with Gasteiger partial charge in [-0.1, -0.05) is 24.0 Å². The highest BCUT2D eigenvalue weighted by Crippen LogP contribution is 2.61. The standard InChI is InChI=1S/C37H34N6O6/c38-32-22(12-27(40-41-32)24-3-1-2-4-29(24)44)6-5-20-14-36(15-20)16-23(17-36)42-18-37(19-42)10-9-21-11-25-26(13-30(21)49-37)35(48)43(34(25)47)28-7-8-31(45)39-33(28)46/h1-4,11-13,20,23,28,44H,7-10,14-19H2,(H2,38,41)(H,39,45,46). The zero-order valence-corrected chi connectivity index (χ0v) is 26.7. The number of piperidine rings is 1. The number of aryl methyl sites for hydroxylation is 1. The largest absolute Gasteiger partial charge is 0.507 e. The van der Waals surface area contributed by atoms with Crippen molar-refractivity contribution in [3.63, 3.8) is 0 Å². The number of hydrogen-bond donors (Lipinski definition) is 3. The van der Waals surface area contributed by atoms with Crippen molar-refractivity contribution in [2.75, 3.05) is 18.8 Å². The Morgan fingerprint density at radius 1 is 0.939 bits per heavy atom. The summed E-state index contributed by atoms with van der Waals surface area (Å²) in [6.07, 6.45) is 6.23. The summed E-state index contributed by atoms with van der Waals surface area (Å²) >= 11 is 0. The molecule has 2 spiro atoms. The number of likely N-dealkylation sites (tertiary alicyclic amines) is 1. The number of aromatic hydroxyl groups is 1. The summed E-state index contributed by atoms with van der Waals surface area (Å²) in [5, 5.41) is 20.6. The molecule has 4 aliphatic heterocycles. The van der Waals surface area contributed by atoms with Gasteiger partial charge in [-0.05, 0) is 86.3 Å². The summed E-state index contributed by atoms with van der Waals surface area (Å²) in [6.45, 7) is 1.66. The van der Waals surface area contributed by atoms with Crippen LogP contribution in [0.25, 0.3) is 11.3 Å². The van der Waals surface area contributed by atoms with Crippen molar-refractivity contribution in [3.05, 3.63) is 64.7 Å². The van der Waals surface area contributed by atoms with E-state index in [0.29, 0.717) is 45.5 Å². The van der Waals surface area contributed by atoms with Crippen molar-refractivity contribution < 1.29 is 29.0 Å². The number of aromatic nitrogens is 2. The van der Waals surface area contributed by atoms with E-state index in [1.807, 2.05) is 6.07 Å². The first-order valence-corrected chi connectivity index (χ1v) is 16.8. The fraction of sp³-hybridized carbons (Fsp3) is 0.405. The van der Waals surface area contributed by atoms with Crippen molar-refractivity contribution in [1.29, 1.82) is 0 Å². The number of phenolic OH excluding ortho intramolecular Hbond substituents is 1. The molecule has 0 bridgehead atoms. The average molecular weight is 659 g/mol. The first-order chi connectivity index (χ1) is 23.6. The van der Waals surface area contributed by atoms with E-state index < -0.39 is 29.7 Å². The molecule has 2 aromatic carbocycles. The summed E-state index contributed by atoms with van der Waals surface area (Å²) in [7, 11) is 0. The second-order valence-corrected chi connectivity index (χ2v) is 14.6. The highest BCUT2D eigenvalue weighted by molar-refractivity contribution is 6.23. The number of hydrogen-bond acceptors (Lipinski definition) is 10. The SMILES string of the molecule is Nc1nnc(-c2ccccc2O)cc1C#CC1CC2(C1)CC(N1CC3(CCc4cc5c(cc4O3)C(=O)N(C3CCC(=O)NC3=O)C5=O)C1)C2. The van der Waals surface area contributed by atoms with Gasteiger partial charge < -0.3 is 15.6 Å². The fourth-order valence-corrected chi connectivity index (χ4v) is 8.78. The van der Waals surface area contributed by atoms with E-state index >= 15 is 0 Å². The Kier molecular flexibility index (Phi) is 6.46. The number of ether oxygens (including phenoxy) is 1. The number of carbonyl (C=O) groups is 4. The van der Waals surface area contributed by atoms with E-state index in [-0.39, 0.29) is 35.6 Å². The van der Waals surface area contributed by atoms with Crippen LogP contribution in [-0.2, 0) is 16.0 Å². The minimum Gasteiger partial charge on any atom is -0.507 e. The molecule has 5 heterocycles. The minimum atomic E-state index is -0.986.